The second-order valence-corrected chi connectivity index (χ2v) is 6.67. The quantitative estimate of drug-likeness (QED) is 0.879. The van der Waals surface area contributed by atoms with Crippen LogP contribution in [0.2, 0.25) is 0 Å². The maximum Gasteiger partial charge on any atom is 0.405 e. The van der Waals surface area contributed by atoms with Gasteiger partial charge in [0, 0.05) is 11.6 Å². The first-order chi connectivity index (χ1) is 10.1. The molecule has 0 amide bonds. The van der Waals surface area contributed by atoms with E-state index in [0.717, 1.165) is 0 Å². The van der Waals surface area contributed by atoms with E-state index in [1.807, 2.05) is 0 Å². The lowest BCUT2D eigenvalue weighted by molar-refractivity contribution is -0.150. The first-order valence-corrected chi connectivity index (χ1v) is 8.18. The van der Waals surface area contributed by atoms with Crippen LogP contribution in [0, 0.1) is 0 Å². The molecule has 1 aromatic carbocycles. The van der Waals surface area contributed by atoms with E-state index < -0.39 is 28.7 Å². The minimum atomic E-state index is -4.69. The van der Waals surface area contributed by atoms with E-state index in [-0.39, 0.29) is 0 Å². The molecule has 0 saturated heterocycles. The number of halogens is 3. The summed E-state index contributed by atoms with van der Waals surface area (Å²) in [6.07, 6.45) is -3.07. The molecule has 0 aliphatic carbocycles. The number of fused-ring (bicyclic) bond motifs is 1. The van der Waals surface area contributed by atoms with Gasteiger partial charge in [0.05, 0.1) is 18.9 Å². The highest BCUT2D eigenvalue weighted by atomic mass is 32.2. The number of rotatable bonds is 5. The summed E-state index contributed by atoms with van der Waals surface area (Å²) in [7, 11) is -2.52. The number of H-pyrrole nitrogens is 1. The third-order valence-corrected chi connectivity index (χ3v) is 3.87. The molecule has 1 unspecified atom stereocenters. The fraction of sp³-hybridized carbons (Fsp3) is 0.385. The van der Waals surface area contributed by atoms with Gasteiger partial charge in [0.25, 0.3) is 0 Å². The van der Waals surface area contributed by atoms with Crippen LogP contribution >= 0.6 is 0 Å². The monoisotopic (exact) mass is 336 g/mol. The van der Waals surface area contributed by atoms with Gasteiger partial charge in [-0.2, -0.15) is 13.2 Å². The zero-order valence-corrected chi connectivity index (χ0v) is 12.7. The second-order valence-electron chi connectivity index (χ2n) is 4.89. The summed E-state index contributed by atoms with van der Waals surface area (Å²) in [6, 6.07) is 2.80. The molecule has 1 heterocycles. The molecule has 0 aliphatic heterocycles. The van der Waals surface area contributed by atoms with Gasteiger partial charge in [-0.15, -0.1) is 0 Å². The number of methoxy groups -OCH3 is 1. The molecular formula is C13H15F3N2O3S. The third kappa shape index (κ3) is 3.72. The summed E-state index contributed by atoms with van der Waals surface area (Å²) < 4.78 is 68.1. The van der Waals surface area contributed by atoms with Crippen molar-refractivity contribution in [1.82, 2.24) is 9.71 Å². The highest BCUT2D eigenvalue weighted by Crippen LogP contribution is 2.30. The predicted molar refractivity (Wildman–Crippen MR) is 76.4 cm³/mol. The molecule has 2 N–H and O–H groups in total. The van der Waals surface area contributed by atoms with Gasteiger partial charge < -0.3 is 9.72 Å². The minimum absolute atomic E-state index is 0.354. The standard InChI is InChI=1S/C13H15F3N2O3S/c1-21-10-5-3-4-9-8(7-17-12(9)10)6-11(13(14,15)16)18-22(2,19)20/h3-5,7,11,17-18H,6H2,1-2H3. The van der Waals surface area contributed by atoms with Gasteiger partial charge in [0.2, 0.25) is 10.0 Å². The molecule has 0 fully saturated rings. The summed E-state index contributed by atoms with van der Waals surface area (Å²) in [4.78, 5) is 2.86. The van der Waals surface area contributed by atoms with Crippen molar-refractivity contribution in [2.24, 2.45) is 0 Å². The van der Waals surface area contributed by atoms with Crippen LogP contribution in [-0.4, -0.2) is 39.0 Å². The molecule has 1 atom stereocenters. The first-order valence-electron chi connectivity index (χ1n) is 6.29. The Bertz CT molecular complexity index is 768. The maximum absolute atomic E-state index is 13.0. The van der Waals surface area contributed by atoms with Gasteiger partial charge in [-0.1, -0.05) is 12.1 Å². The van der Waals surface area contributed by atoms with Gasteiger partial charge in [-0.3, -0.25) is 0 Å². The van der Waals surface area contributed by atoms with Crippen molar-refractivity contribution < 1.29 is 26.3 Å². The van der Waals surface area contributed by atoms with Gasteiger partial charge in [0.1, 0.15) is 11.8 Å². The van der Waals surface area contributed by atoms with E-state index in [1.165, 1.54) is 13.3 Å². The molecule has 1 aromatic heterocycles. The fourth-order valence-electron chi connectivity index (χ4n) is 2.23. The van der Waals surface area contributed by atoms with E-state index in [9.17, 15) is 21.6 Å². The van der Waals surface area contributed by atoms with Gasteiger partial charge >= 0.3 is 6.18 Å². The zero-order valence-electron chi connectivity index (χ0n) is 11.9. The van der Waals surface area contributed by atoms with Crippen LogP contribution in [0.15, 0.2) is 24.4 Å². The number of ether oxygens (including phenoxy) is 1. The lowest BCUT2D eigenvalue weighted by Crippen LogP contribution is -2.46. The molecule has 22 heavy (non-hydrogen) atoms. The van der Waals surface area contributed by atoms with Gasteiger partial charge in [-0.25, -0.2) is 13.1 Å². The van der Waals surface area contributed by atoms with Crippen LogP contribution < -0.4 is 9.46 Å². The molecule has 9 heteroatoms. The molecule has 0 bridgehead atoms. The number of nitrogens with one attached hydrogen (secondary N) is 2. The van der Waals surface area contributed by atoms with E-state index in [1.54, 1.807) is 22.9 Å². The van der Waals surface area contributed by atoms with Crippen molar-refractivity contribution in [2.45, 2.75) is 18.6 Å². The van der Waals surface area contributed by atoms with Crippen molar-refractivity contribution in [3.8, 4) is 5.75 Å². The number of hydrogen-bond donors (Lipinski definition) is 2. The van der Waals surface area contributed by atoms with E-state index in [0.29, 0.717) is 28.5 Å². The molecule has 2 aromatic rings. The Balaban J connectivity index is 2.39. The fourth-order valence-corrected chi connectivity index (χ4v) is 2.96. The van der Waals surface area contributed by atoms with E-state index in [2.05, 4.69) is 4.98 Å². The Labute approximate surface area is 125 Å². The van der Waals surface area contributed by atoms with Crippen LogP contribution in [0.4, 0.5) is 13.2 Å². The lowest BCUT2D eigenvalue weighted by Gasteiger charge is -2.20. The molecular weight excluding hydrogens is 321 g/mol. The van der Waals surface area contributed by atoms with Crippen molar-refractivity contribution in [2.75, 3.05) is 13.4 Å². The predicted octanol–water partition coefficient (Wildman–Crippen LogP) is 2.20. The number of benzene rings is 1. The molecule has 5 nitrogen and oxygen atoms in total. The maximum atomic E-state index is 13.0. The third-order valence-electron chi connectivity index (χ3n) is 3.16. The summed E-state index contributed by atoms with van der Waals surface area (Å²) in [5, 5.41) is 0.559. The van der Waals surface area contributed by atoms with E-state index >= 15 is 0 Å². The highest BCUT2D eigenvalue weighted by molar-refractivity contribution is 7.88. The van der Waals surface area contributed by atoms with Crippen molar-refractivity contribution >= 4 is 20.9 Å². The molecule has 2 rings (SSSR count). The summed E-state index contributed by atoms with van der Waals surface area (Å²) in [6.45, 7) is 0. The van der Waals surface area contributed by atoms with Crippen LogP contribution in [0.5, 0.6) is 5.75 Å². The topological polar surface area (TPSA) is 71.2 Å². The summed E-state index contributed by atoms with van der Waals surface area (Å²) >= 11 is 0. The van der Waals surface area contributed by atoms with Gasteiger partial charge in [-0.05, 0) is 18.1 Å². The van der Waals surface area contributed by atoms with Crippen molar-refractivity contribution in [1.29, 1.82) is 0 Å². The van der Waals surface area contributed by atoms with Crippen LogP contribution in [-0.2, 0) is 16.4 Å². The molecule has 0 radical (unpaired) electrons. The number of alkyl halides is 3. The van der Waals surface area contributed by atoms with Crippen LogP contribution in [0.25, 0.3) is 10.9 Å². The Hall–Kier alpha value is -1.74. The summed E-state index contributed by atoms with van der Waals surface area (Å²) in [5.74, 6) is 0.503. The van der Waals surface area contributed by atoms with Crippen molar-refractivity contribution in [3.63, 3.8) is 0 Å². The normalized spacial score (nSPS) is 14.2. The minimum Gasteiger partial charge on any atom is -0.495 e. The first kappa shape index (κ1) is 16.6. The Morgan fingerprint density at radius 1 is 1.36 bits per heavy atom. The molecule has 0 spiro atoms. The lowest BCUT2D eigenvalue weighted by atomic mass is 10.1. The van der Waals surface area contributed by atoms with E-state index in [4.69, 9.17) is 4.74 Å². The zero-order chi connectivity index (χ0) is 16.5. The van der Waals surface area contributed by atoms with Crippen LogP contribution in [0.3, 0.4) is 0 Å². The number of aromatic amines is 1. The highest BCUT2D eigenvalue weighted by Gasteiger charge is 2.41. The largest absolute Gasteiger partial charge is 0.495 e. The summed E-state index contributed by atoms with van der Waals surface area (Å²) in [5.41, 5.74) is 0.924. The molecule has 122 valence electrons. The smallest absolute Gasteiger partial charge is 0.405 e. The number of sulfonamides is 1. The molecule has 0 saturated carbocycles. The Morgan fingerprint density at radius 3 is 2.59 bits per heavy atom. The Kier molecular flexibility index (Phi) is 4.39. The Morgan fingerprint density at radius 2 is 2.05 bits per heavy atom. The number of hydrogen-bond acceptors (Lipinski definition) is 3. The second kappa shape index (κ2) is 5.81. The average molecular weight is 336 g/mol. The number of para-hydroxylation sites is 1. The number of aromatic nitrogens is 1. The van der Waals surface area contributed by atoms with Gasteiger partial charge in [0.15, 0.2) is 0 Å². The SMILES string of the molecule is COc1cccc2c(CC(NS(C)(=O)=O)C(F)(F)F)c[nH]c12. The van der Waals surface area contributed by atoms with Crippen molar-refractivity contribution in [3.05, 3.63) is 30.0 Å². The molecule has 0 aliphatic rings. The average Bonchev–Trinajstić information content (AvgIpc) is 2.78. The van der Waals surface area contributed by atoms with Crippen LogP contribution in [0.1, 0.15) is 5.56 Å².